The molecule has 2 N–H and O–H groups in total. The number of nitrogens with zero attached hydrogens (tertiary/aromatic N) is 3. The second kappa shape index (κ2) is 6.96. The molecule has 0 atom stereocenters. The lowest BCUT2D eigenvalue weighted by molar-refractivity contribution is 0.0691. The first-order valence-electron chi connectivity index (χ1n) is 8.51. The van der Waals surface area contributed by atoms with Gasteiger partial charge >= 0.3 is 5.97 Å². The van der Waals surface area contributed by atoms with Gasteiger partial charge in [0.05, 0.1) is 11.9 Å². The third kappa shape index (κ3) is 2.99. The number of fused-ring (bicyclic) bond motifs is 1. The molecule has 0 aliphatic rings. The van der Waals surface area contributed by atoms with Crippen molar-refractivity contribution in [1.29, 1.82) is 0 Å². The average Bonchev–Trinajstić information content (AvgIpc) is 2.72. The van der Waals surface area contributed by atoms with Crippen LogP contribution in [0.5, 0.6) is 5.75 Å². The van der Waals surface area contributed by atoms with E-state index in [1.54, 1.807) is 0 Å². The van der Waals surface area contributed by atoms with Crippen molar-refractivity contribution in [3.63, 3.8) is 0 Å². The van der Waals surface area contributed by atoms with Crippen LogP contribution in [0.3, 0.4) is 0 Å². The summed E-state index contributed by atoms with van der Waals surface area (Å²) in [7, 11) is 0. The maximum atomic E-state index is 12.9. The number of aromatic nitrogens is 3. The van der Waals surface area contributed by atoms with Crippen LogP contribution in [0.15, 0.2) is 71.7 Å². The van der Waals surface area contributed by atoms with Crippen molar-refractivity contribution >= 4 is 17.0 Å². The Bertz CT molecular complexity index is 1240. The highest BCUT2D eigenvalue weighted by Gasteiger charge is 2.23. The number of hydrogen-bond acceptors (Lipinski definition) is 5. The van der Waals surface area contributed by atoms with E-state index in [-0.39, 0.29) is 17.6 Å². The molecule has 4 aromatic rings. The zero-order valence-electron chi connectivity index (χ0n) is 14.6. The van der Waals surface area contributed by atoms with Crippen molar-refractivity contribution in [2.45, 2.75) is 6.54 Å². The molecular formula is C21H15N3O4. The fraction of sp³-hybridized carbons (Fsp3) is 0.0476. The number of carboxylic acid groups (broad SMARTS) is 1. The lowest BCUT2D eigenvalue weighted by Gasteiger charge is -2.13. The van der Waals surface area contributed by atoms with Crippen molar-refractivity contribution < 1.29 is 15.0 Å². The molecule has 0 saturated heterocycles. The van der Waals surface area contributed by atoms with Crippen LogP contribution in [0, 0.1) is 0 Å². The molecule has 7 nitrogen and oxygen atoms in total. The van der Waals surface area contributed by atoms with E-state index in [1.165, 1.54) is 10.8 Å². The second-order valence-electron chi connectivity index (χ2n) is 6.20. The standard InChI is InChI=1S/C21H15N3O4/c25-17-15-11-22-18(14-9-5-2-6-10-14)23-19(15)24(20(26)16(17)21(27)28)12-13-7-3-1-4-8-13/h1-11,25H,12H2,(H,27,28). The predicted molar refractivity (Wildman–Crippen MR) is 103 cm³/mol. The number of carboxylic acids is 1. The smallest absolute Gasteiger partial charge is 0.345 e. The van der Waals surface area contributed by atoms with Crippen LogP contribution >= 0.6 is 0 Å². The van der Waals surface area contributed by atoms with Gasteiger partial charge in [0.15, 0.2) is 17.0 Å². The van der Waals surface area contributed by atoms with Gasteiger partial charge in [0, 0.05) is 11.8 Å². The highest BCUT2D eigenvalue weighted by Crippen LogP contribution is 2.27. The SMILES string of the molecule is O=C(O)c1c(O)c2cnc(-c3ccccc3)nc2n(Cc2ccccc2)c1=O. The van der Waals surface area contributed by atoms with Crippen molar-refractivity contribution in [3.05, 3.63) is 88.3 Å². The molecule has 0 radical (unpaired) electrons. The van der Waals surface area contributed by atoms with Gasteiger partial charge in [0.2, 0.25) is 0 Å². The van der Waals surface area contributed by atoms with Crippen LogP contribution < -0.4 is 5.56 Å². The van der Waals surface area contributed by atoms with E-state index in [9.17, 15) is 19.8 Å². The van der Waals surface area contributed by atoms with Gasteiger partial charge in [-0.3, -0.25) is 9.36 Å². The molecule has 2 aromatic heterocycles. The molecule has 4 rings (SSSR count). The molecular weight excluding hydrogens is 358 g/mol. The maximum Gasteiger partial charge on any atom is 0.345 e. The Morgan fingerprint density at radius 2 is 1.64 bits per heavy atom. The van der Waals surface area contributed by atoms with Gasteiger partial charge < -0.3 is 10.2 Å². The van der Waals surface area contributed by atoms with Gasteiger partial charge in [0.1, 0.15) is 5.75 Å². The van der Waals surface area contributed by atoms with E-state index < -0.39 is 22.8 Å². The first kappa shape index (κ1) is 17.4. The van der Waals surface area contributed by atoms with Gasteiger partial charge in [-0.15, -0.1) is 0 Å². The summed E-state index contributed by atoms with van der Waals surface area (Å²) in [5.74, 6) is -1.76. The molecule has 0 spiro atoms. The Morgan fingerprint density at radius 1 is 1.00 bits per heavy atom. The summed E-state index contributed by atoms with van der Waals surface area (Å²) < 4.78 is 1.25. The normalized spacial score (nSPS) is 10.9. The fourth-order valence-electron chi connectivity index (χ4n) is 3.04. The molecule has 2 aromatic carbocycles. The summed E-state index contributed by atoms with van der Waals surface area (Å²) in [4.78, 5) is 33.1. The Morgan fingerprint density at radius 3 is 2.29 bits per heavy atom. The lowest BCUT2D eigenvalue weighted by Crippen LogP contribution is -2.28. The lowest BCUT2D eigenvalue weighted by atomic mass is 10.1. The minimum Gasteiger partial charge on any atom is -0.506 e. The van der Waals surface area contributed by atoms with E-state index in [4.69, 9.17) is 0 Å². The Hall–Kier alpha value is -4.00. The first-order chi connectivity index (χ1) is 13.6. The van der Waals surface area contributed by atoms with Gasteiger partial charge in [-0.05, 0) is 5.56 Å². The summed E-state index contributed by atoms with van der Waals surface area (Å²) >= 11 is 0. The van der Waals surface area contributed by atoms with E-state index in [0.29, 0.717) is 5.82 Å². The molecule has 0 unspecified atom stereocenters. The van der Waals surface area contributed by atoms with Gasteiger partial charge in [-0.2, -0.15) is 0 Å². The van der Waals surface area contributed by atoms with Crippen LogP contribution in [0.1, 0.15) is 15.9 Å². The van der Waals surface area contributed by atoms with Crippen LogP contribution in [-0.4, -0.2) is 30.7 Å². The number of rotatable bonds is 4. The van der Waals surface area contributed by atoms with Crippen molar-refractivity contribution in [3.8, 4) is 17.1 Å². The van der Waals surface area contributed by atoms with E-state index in [2.05, 4.69) is 9.97 Å². The minimum absolute atomic E-state index is 0.104. The fourth-order valence-corrected chi connectivity index (χ4v) is 3.04. The maximum absolute atomic E-state index is 12.9. The summed E-state index contributed by atoms with van der Waals surface area (Å²) in [5, 5.41) is 19.9. The first-order valence-corrected chi connectivity index (χ1v) is 8.51. The summed E-state index contributed by atoms with van der Waals surface area (Å²) in [5.41, 5.74) is 0.196. The molecule has 2 heterocycles. The molecule has 28 heavy (non-hydrogen) atoms. The number of hydrogen-bond donors (Lipinski definition) is 2. The molecule has 7 heteroatoms. The third-order valence-electron chi connectivity index (χ3n) is 4.40. The van der Waals surface area contributed by atoms with Crippen LogP contribution in [0.25, 0.3) is 22.4 Å². The summed E-state index contributed by atoms with van der Waals surface area (Å²) in [6, 6.07) is 18.3. The molecule has 0 saturated carbocycles. The molecule has 0 bridgehead atoms. The van der Waals surface area contributed by atoms with E-state index >= 15 is 0 Å². The van der Waals surface area contributed by atoms with Gasteiger partial charge in [0.25, 0.3) is 5.56 Å². The number of benzene rings is 2. The quantitative estimate of drug-likeness (QED) is 0.570. The highest BCUT2D eigenvalue weighted by atomic mass is 16.4. The van der Waals surface area contributed by atoms with E-state index in [1.807, 2.05) is 60.7 Å². The molecule has 138 valence electrons. The number of aromatic hydroxyl groups is 1. The van der Waals surface area contributed by atoms with Crippen LogP contribution in [0.4, 0.5) is 0 Å². The molecule has 0 fully saturated rings. The zero-order chi connectivity index (χ0) is 19.7. The molecule has 0 aliphatic heterocycles. The summed E-state index contributed by atoms with van der Waals surface area (Å²) in [6.07, 6.45) is 1.34. The Labute approximate surface area is 159 Å². The van der Waals surface area contributed by atoms with Crippen molar-refractivity contribution in [1.82, 2.24) is 14.5 Å². The highest BCUT2D eigenvalue weighted by molar-refractivity contribution is 5.97. The molecule has 0 aliphatic carbocycles. The minimum atomic E-state index is -1.50. The third-order valence-corrected chi connectivity index (χ3v) is 4.40. The van der Waals surface area contributed by atoms with Crippen LogP contribution in [-0.2, 0) is 6.54 Å². The molecule has 0 amide bonds. The zero-order valence-corrected chi connectivity index (χ0v) is 14.6. The summed E-state index contributed by atoms with van der Waals surface area (Å²) in [6.45, 7) is 0.113. The van der Waals surface area contributed by atoms with Crippen molar-refractivity contribution in [2.24, 2.45) is 0 Å². The Kier molecular flexibility index (Phi) is 4.33. The van der Waals surface area contributed by atoms with Gasteiger partial charge in [-0.1, -0.05) is 60.7 Å². The second-order valence-corrected chi connectivity index (χ2v) is 6.20. The number of carbonyl (C=O) groups is 1. The number of pyridine rings is 1. The topological polar surface area (TPSA) is 105 Å². The number of aromatic carboxylic acids is 1. The van der Waals surface area contributed by atoms with Crippen LogP contribution in [0.2, 0.25) is 0 Å². The average molecular weight is 373 g/mol. The predicted octanol–water partition coefficient (Wildman–Crippen LogP) is 2.91. The van der Waals surface area contributed by atoms with E-state index in [0.717, 1.165) is 11.1 Å². The monoisotopic (exact) mass is 373 g/mol. The largest absolute Gasteiger partial charge is 0.506 e. The Balaban J connectivity index is 2.02. The van der Waals surface area contributed by atoms with Crippen molar-refractivity contribution in [2.75, 3.05) is 0 Å². The van der Waals surface area contributed by atoms with Gasteiger partial charge in [-0.25, -0.2) is 14.8 Å².